The molecule has 5 heterocycles. The van der Waals surface area contributed by atoms with Gasteiger partial charge in [0.1, 0.15) is 32.8 Å². The first-order valence-electron chi connectivity index (χ1n) is 11.8. The van der Waals surface area contributed by atoms with E-state index in [4.69, 9.17) is 0 Å². The molecule has 7 rings (SSSR count). The highest BCUT2D eigenvalue weighted by Crippen LogP contribution is 2.33. The van der Waals surface area contributed by atoms with Gasteiger partial charge in [-0.3, -0.25) is 20.2 Å². The van der Waals surface area contributed by atoms with E-state index in [0.29, 0.717) is 21.7 Å². The average Bonchev–Trinajstić information content (AvgIpc) is 3.78. The van der Waals surface area contributed by atoms with Gasteiger partial charge in [-0.25, -0.2) is 24.9 Å². The number of rotatable bonds is 6. The van der Waals surface area contributed by atoms with E-state index in [2.05, 4.69) is 35.6 Å². The molecule has 2 N–H and O–H groups in total. The van der Waals surface area contributed by atoms with Crippen LogP contribution in [-0.4, -0.2) is 36.7 Å². The van der Waals surface area contributed by atoms with Gasteiger partial charge in [-0.15, -0.1) is 45.3 Å². The van der Waals surface area contributed by atoms with Crippen molar-refractivity contribution in [2.75, 3.05) is 10.6 Å². The minimum atomic E-state index is -0.466. The third-order valence-corrected chi connectivity index (χ3v) is 9.32. The molecule has 0 atom stereocenters. The van der Waals surface area contributed by atoms with E-state index in [0.717, 1.165) is 30.4 Å². The number of nitrogens with one attached hydrogen (secondary N) is 2. The highest BCUT2D eigenvalue weighted by atomic mass is 32.1. The van der Waals surface area contributed by atoms with E-state index in [1.54, 1.807) is 40.9 Å². The summed E-state index contributed by atoms with van der Waals surface area (Å²) in [5.41, 5.74) is 3.39. The smallest absolute Gasteiger partial charge is 0.276 e. The maximum absolute atomic E-state index is 12.9. The van der Waals surface area contributed by atoms with Crippen molar-refractivity contribution in [2.24, 2.45) is 0 Å². The van der Waals surface area contributed by atoms with Crippen LogP contribution in [0.2, 0.25) is 0 Å². The van der Waals surface area contributed by atoms with Gasteiger partial charge in [0, 0.05) is 10.8 Å². The number of pyridine rings is 1. The molecule has 0 aliphatic heterocycles. The van der Waals surface area contributed by atoms with Crippen molar-refractivity contribution in [3.8, 4) is 21.4 Å². The normalized spacial score (nSPS) is 11.2. The zero-order chi connectivity index (χ0) is 27.1. The van der Waals surface area contributed by atoms with Crippen molar-refractivity contribution < 1.29 is 9.59 Å². The lowest BCUT2D eigenvalue weighted by Crippen LogP contribution is -2.18. The third-order valence-electron chi connectivity index (χ3n) is 5.69. The lowest BCUT2D eigenvalue weighted by molar-refractivity contribution is 0.101. The number of carbonyl (C=O) groups is 2. The summed E-state index contributed by atoms with van der Waals surface area (Å²) in [4.78, 5) is 48.3. The maximum atomic E-state index is 12.9. The summed E-state index contributed by atoms with van der Waals surface area (Å²) in [5, 5.41) is 11.6. The Morgan fingerprint density at radius 3 is 1.50 bits per heavy atom. The summed E-state index contributed by atoms with van der Waals surface area (Å²) >= 11 is 5.68. The van der Waals surface area contributed by atoms with Crippen LogP contribution in [0.15, 0.2) is 77.5 Å². The number of carbonyl (C=O) groups excluding carboxylic acids is 2. The summed E-state index contributed by atoms with van der Waals surface area (Å²) in [6.45, 7) is 0. The molecule has 0 unspecified atom stereocenters. The summed E-state index contributed by atoms with van der Waals surface area (Å²) in [5.74, 6) is -0.931. The lowest BCUT2D eigenvalue weighted by atomic mass is 10.3. The number of thiazole rings is 4. The van der Waals surface area contributed by atoms with Crippen molar-refractivity contribution in [3.63, 3.8) is 0 Å². The average molecular weight is 598 g/mol. The van der Waals surface area contributed by atoms with E-state index in [-0.39, 0.29) is 11.4 Å². The van der Waals surface area contributed by atoms with Crippen LogP contribution in [-0.2, 0) is 0 Å². The first kappa shape index (κ1) is 24.6. The Morgan fingerprint density at radius 2 is 1.02 bits per heavy atom. The van der Waals surface area contributed by atoms with E-state index >= 15 is 0 Å². The molecule has 0 aliphatic rings. The number of nitrogens with zero attached hydrogens (tertiary/aromatic N) is 5. The van der Waals surface area contributed by atoms with Gasteiger partial charge < -0.3 is 0 Å². The molecular formula is C27H15N7O2S4. The first-order valence-corrected chi connectivity index (χ1v) is 15.2. The van der Waals surface area contributed by atoms with Crippen molar-refractivity contribution >= 4 is 87.9 Å². The predicted octanol–water partition coefficient (Wildman–Crippen LogP) is 7.05. The lowest BCUT2D eigenvalue weighted by Gasteiger charge is -2.04. The second-order valence-electron chi connectivity index (χ2n) is 8.37. The predicted molar refractivity (Wildman–Crippen MR) is 162 cm³/mol. The standard InChI is InChI=1S/C27H15N7O2S4/c35-22(33-26-31-18(12-37-26)24-29-14-6-1-3-10-20(14)39-24)16-8-5-9-17(28-16)23(36)34-27-32-19(13-38-27)25-30-15-7-2-4-11-21(15)40-25/h1-13H,(H,31,33,35)(H,32,34,36). The molecule has 40 heavy (non-hydrogen) atoms. The zero-order valence-electron chi connectivity index (χ0n) is 20.2. The van der Waals surface area contributed by atoms with Crippen LogP contribution in [0, 0.1) is 0 Å². The molecule has 5 aromatic heterocycles. The SMILES string of the molecule is O=C(Nc1nc(-c2nc3ccccc3s2)cs1)c1cccc(C(=O)Nc2nc(-c3nc4ccccc4s3)cs2)n1. The molecule has 0 bridgehead atoms. The fraction of sp³-hybridized carbons (Fsp3) is 0. The molecular weight excluding hydrogens is 583 g/mol. The van der Waals surface area contributed by atoms with Crippen molar-refractivity contribution in [2.45, 2.75) is 0 Å². The number of aromatic nitrogens is 5. The topological polar surface area (TPSA) is 123 Å². The van der Waals surface area contributed by atoms with Crippen LogP contribution in [0.5, 0.6) is 0 Å². The second-order valence-corrected chi connectivity index (χ2v) is 12.1. The molecule has 2 aromatic carbocycles. The monoisotopic (exact) mass is 597 g/mol. The summed E-state index contributed by atoms with van der Waals surface area (Å²) in [7, 11) is 0. The molecule has 0 saturated heterocycles. The fourth-order valence-electron chi connectivity index (χ4n) is 3.83. The molecule has 9 nitrogen and oxygen atoms in total. The molecule has 0 saturated carbocycles. The van der Waals surface area contributed by atoms with Crippen LogP contribution in [0.3, 0.4) is 0 Å². The highest BCUT2D eigenvalue weighted by molar-refractivity contribution is 7.22. The summed E-state index contributed by atoms with van der Waals surface area (Å²) < 4.78 is 2.14. The Labute approximate surface area is 242 Å². The minimum absolute atomic E-state index is 0.0960. The number of hydrogen-bond acceptors (Lipinski definition) is 11. The van der Waals surface area contributed by atoms with E-state index in [9.17, 15) is 9.59 Å². The van der Waals surface area contributed by atoms with Gasteiger partial charge in [-0.1, -0.05) is 30.3 Å². The Kier molecular flexibility index (Phi) is 6.32. The van der Waals surface area contributed by atoms with Crippen molar-refractivity contribution in [3.05, 3.63) is 88.9 Å². The zero-order valence-corrected chi connectivity index (χ0v) is 23.5. The van der Waals surface area contributed by atoms with E-state index in [1.165, 1.54) is 22.7 Å². The summed E-state index contributed by atoms with van der Waals surface area (Å²) in [6.07, 6.45) is 0. The second kappa shape index (κ2) is 10.3. The van der Waals surface area contributed by atoms with Gasteiger partial charge in [0.25, 0.3) is 11.8 Å². The molecule has 13 heteroatoms. The molecule has 0 radical (unpaired) electrons. The Balaban J connectivity index is 1.03. The largest absolute Gasteiger partial charge is 0.296 e. The third kappa shape index (κ3) is 4.86. The van der Waals surface area contributed by atoms with Crippen molar-refractivity contribution in [1.29, 1.82) is 0 Å². The van der Waals surface area contributed by atoms with E-state index in [1.807, 2.05) is 59.3 Å². The van der Waals surface area contributed by atoms with Crippen LogP contribution >= 0.6 is 45.3 Å². The fourth-order valence-corrected chi connectivity index (χ4v) is 7.21. The Hall–Kier alpha value is -4.43. The summed E-state index contributed by atoms with van der Waals surface area (Å²) in [6, 6.07) is 20.5. The quantitative estimate of drug-likeness (QED) is 0.211. The molecule has 0 fully saturated rings. The Bertz CT molecular complexity index is 1830. The van der Waals surface area contributed by atoms with Crippen LogP contribution in [0.4, 0.5) is 10.3 Å². The molecule has 7 aromatic rings. The number of fused-ring (bicyclic) bond motifs is 2. The van der Waals surface area contributed by atoms with Gasteiger partial charge in [0.2, 0.25) is 0 Å². The number of amides is 2. The first-order chi connectivity index (χ1) is 19.6. The number of hydrogen-bond donors (Lipinski definition) is 2. The molecule has 0 aliphatic carbocycles. The van der Waals surface area contributed by atoms with Crippen LogP contribution < -0.4 is 10.6 Å². The number of anilines is 2. The molecule has 194 valence electrons. The molecule has 2 amide bonds. The van der Waals surface area contributed by atoms with Gasteiger partial charge in [0.15, 0.2) is 10.3 Å². The van der Waals surface area contributed by atoms with Gasteiger partial charge in [0.05, 0.1) is 20.4 Å². The van der Waals surface area contributed by atoms with Crippen molar-refractivity contribution in [1.82, 2.24) is 24.9 Å². The van der Waals surface area contributed by atoms with Gasteiger partial charge >= 0.3 is 0 Å². The van der Waals surface area contributed by atoms with E-state index < -0.39 is 11.8 Å². The van der Waals surface area contributed by atoms with Crippen LogP contribution in [0.1, 0.15) is 21.0 Å². The van der Waals surface area contributed by atoms with Gasteiger partial charge in [-0.05, 0) is 36.4 Å². The number of benzene rings is 2. The Morgan fingerprint density at radius 1 is 0.550 bits per heavy atom. The van der Waals surface area contributed by atoms with Crippen LogP contribution in [0.25, 0.3) is 41.8 Å². The van der Waals surface area contributed by atoms with Gasteiger partial charge in [-0.2, -0.15) is 0 Å². The highest BCUT2D eigenvalue weighted by Gasteiger charge is 2.17. The molecule has 0 spiro atoms. The maximum Gasteiger partial charge on any atom is 0.276 e. The number of para-hydroxylation sites is 2. The minimum Gasteiger partial charge on any atom is -0.296 e.